The quantitative estimate of drug-likeness (QED) is 0.650. The van der Waals surface area contributed by atoms with Gasteiger partial charge in [-0.25, -0.2) is 5.43 Å². The number of rotatable bonds is 3. The number of carbonyl (C=O) groups is 1. The summed E-state index contributed by atoms with van der Waals surface area (Å²) in [5.41, 5.74) is 4.48. The lowest BCUT2D eigenvalue weighted by atomic mass is 10.2. The highest BCUT2D eigenvalue weighted by atomic mass is 16.3. The first-order chi connectivity index (χ1) is 9.16. The molecule has 0 saturated heterocycles. The van der Waals surface area contributed by atoms with Crippen LogP contribution in [0.3, 0.4) is 0 Å². The van der Waals surface area contributed by atoms with Crippen molar-refractivity contribution >= 4 is 11.6 Å². The fraction of sp³-hybridized carbons (Fsp3) is 0.0714. The summed E-state index contributed by atoms with van der Waals surface area (Å²) in [7, 11) is 0. The Hall–Kier alpha value is -2.69. The lowest BCUT2D eigenvalue weighted by Gasteiger charge is -2.03. The van der Waals surface area contributed by atoms with E-state index in [1.807, 2.05) is 12.1 Å². The van der Waals surface area contributed by atoms with E-state index in [4.69, 9.17) is 5.11 Å². The molecule has 2 N–H and O–H groups in total. The number of pyridine rings is 1. The van der Waals surface area contributed by atoms with Gasteiger partial charge in [0.05, 0.1) is 5.71 Å². The number of aromatic hydroxyl groups is 1. The molecule has 0 aliphatic heterocycles. The van der Waals surface area contributed by atoms with Crippen LogP contribution in [0.5, 0.6) is 5.75 Å². The first kappa shape index (κ1) is 12.8. The minimum Gasteiger partial charge on any atom is -0.508 e. The number of benzene rings is 1. The van der Waals surface area contributed by atoms with Crippen molar-refractivity contribution in [2.75, 3.05) is 0 Å². The van der Waals surface area contributed by atoms with Gasteiger partial charge in [0, 0.05) is 23.5 Å². The van der Waals surface area contributed by atoms with E-state index in [0.29, 0.717) is 11.3 Å². The Kier molecular flexibility index (Phi) is 3.87. The van der Waals surface area contributed by atoms with Crippen LogP contribution in [0.15, 0.2) is 53.9 Å². The Morgan fingerprint density at radius 2 is 1.74 bits per heavy atom. The van der Waals surface area contributed by atoms with Gasteiger partial charge in [-0.1, -0.05) is 0 Å². The van der Waals surface area contributed by atoms with Gasteiger partial charge in [-0.05, 0) is 43.3 Å². The average molecular weight is 255 g/mol. The summed E-state index contributed by atoms with van der Waals surface area (Å²) in [6.07, 6.45) is 3.33. The summed E-state index contributed by atoms with van der Waals surface area (Å²) in [6.45, 7) is 1.80. The second kappa shape index (κ2) is 5.77. The van der Waals surface area contributed by atoms with E-state index in [2.05, 4.69) is 15.5 Å². The Balaban J connectivity index is 2.06. The highest BCUT2D eigenvalue weighted by molar-refractivity contribution is 6.00. The average Bonchev–Trinajstić information content (AvgIpc) is 2.46. The van der Waals surface area contributed by atoms with Crippen molar-refractivity contribution < 1.29 is 9.90 Å². The van der Waals surface area contributed by atoms with Gasteiger partial charge in [-0.15, -0.1) is 0 Å². The first-order valence-electron chi connectivity index (χ1n) is 5.71. The molecule has 1 aromatic heterocycles. The molecule has 1 heterocycles. The Morgan fingerprint density at radius 3 is 2.37 bits per heavy atom. The molecule has 1 aromatic carbocycles. The predicted molar refractivity (Wildman–Crippen MR) is 72.0 cm³/mol. The molecule has 0 atom stereocenters. The number of phenolic OH excluding ortho intramolecular Hbond substituents is 1. The van der Waals surface area contributed by atoms with Crippen molar-refractivity contribution in [1.82, 2.24) is 10.4 Å². The van der Waals surface area contributed by atoms with Gasteiger partial charge in [0.25, 0.3) is 5.91 Å². The van der Waals surface area contributed by atoms with Gasteiger partial charge in [0.15, 0.2) is 0 Å². The van der Waals surface area contributed by atoms with Gasteiger partial charge in [0.1, 0.15) is 5.75 Å². The number of hydrogen-bond donors (Lipinski definition) is 2. The maximum atomic E-state index is 11.8. The number of phenols is 1. The van der Waals surface area contributed by atoms with Gasteiger partial charge < -0.3 is 5.11 Å². The third-order valence-corrected chi connectivity index (χ3v) is 2.55. The summed E-state index contributed by atoms with van der Waals surface area (Å²) < 4.78 is 0. The van der Waals surface area contributed by atoms with E-state index in [0.717, 1.165) is 5.56 Å². The molecule has 0 radical (unpaired) electrons. The van der Waals surface area contributed by atoms with E-state index in [1.165, 1.54) is 24.3 Å². The fourth-order valence-corrected chi connectivity index (χ4v) is 1.47. The topological polar surface area (TPSA) is 74.6 Å². The standard InChI is InChI=1S/C14H13N3O2/c1-10(11-6-8-15-9-7-11)16-17-14(19)12-2-4-13(18)5-3-12/h2-9,18H,1H3,(H,17,19). The molecule has 96 valence electrons. The Morgan fingerprint density at radius 1 is 1.11 bits per heavy atom. The van der Waals surface area contributed by atoms with Crippen LogP contribution in [-0.2, 0) is 0 Å². The third kappa shape index (κ3) is 3.38. The van der Waals surface area contributed by atoms with Gasteiger partial charge in [0.2, 0.25) is 0 Å². The minimum absolute atomic E-state index is 0.119. The molecule has 0 fully saturated rings. The normalized spacial score (nSPS) is 11.1. The number of aromatic nitrogens is 1. The maximum Gasteiger partial charge on any atom is 0.271 e. The molecule has 0 bridgehead atoms. The van der Waals surface area contributed by atoms with E-state index in [-0.39, 0.29) is 11.7 Å². The SMILES string of the molecule is CC(=NNC(=O)c1ccc(O)cc1)c1ccncc1. The monoisotopic (exact) mass is 255 g/mol. The molecule has 5 nitrogen and oxygen atoms in total. The lowest BCUT2D eigenvalue weighted by Crippen LogP contribution is -2.19. The minimum atomic E-state index is -0.326. The van der Waals surface area contributed by atoms with Crippen LogP contribution in [0.4, 0.5) is 0 Å². The summed E-state index contributed by atoms with van der Waals surface area (Å²) in [4.78, 5) is 15.7. The van der Waals surface area contributed by atoms with E-state index in [9.17, 15) is 4.79 Å². The van der Waals surface area contributed by atoms with Crippen LogP contribution in [0, 0.1) is 0 Å². The van der Waals surface area contributed by atoms with Crippen LogP contribution in [-0.4, -0.2) is 21.7 Å². The van der Waals surface area contributed by atoms with Crippen molar-refractivity contribution in [3.63, 3.8) is 0 Å². The van der Waals surface area contributed by atoms with Crippen molar-refractivity contribution in [3.8, 4) is 5.75 Å². The molecule has 2 rings (SSSR count). The second-order valence-corrected chi connectivity index (χ2v) is 3.92. The van der Waals surface area contributed by atoms with Crippen LogP contribution >= 0.6 is 0 Å². The molecule has 0 aliphatic rings. The number of nitrogens with one attached hydrogen (secondary N) is 1. The van der Waals surface area contributed by atoms with E-state index >= 15 is 0 Å². The molecule has 5 heteroatoms. The predicted octanol–water partition coefficient (Wildman–Crippen LogP) is 1.94. The van der Waals surface area contributed by atoms with E-state index in [1.54, 1.807) is 19.3 Å². The van der Waals surface area contributed by atoms with Crippen molar-refractivity contribution in [1.29, 1.82) is 0 Å². The highest BCUT2D eigenvalue weighted by Crippen LogP contribution is 2.09. The van der Waals surface area contributed by atoms with Crippen molar-refractivity contribution in [2.24, 2.45) is 5.10 Å². The van der Waals surface area contributed by atoms with Crippen LogP contribution in [0.2, 0.25) is 0 Å². The highest BCUT2D eigenvalue weighted by Gasteiger charge is 2.04. The number of nitrogens with zero attached hydrogens (tertiary/aromatic N) is 2. The van der Waals surface area contributed by atoms with Crippen LogP contribution in [0.25, 0.3) is 0 Å². The first-order valence-corrected chi connectivity index (χ1v) is 5.71. The Labute approximate surface area is 110 Å². The van der Waals surface area contributed by atoms with Gasteiger partial charge >= 0.3 is 0 Å². The van der Waals surface area contributed by atoms with Crippen LogP contribution in [0.1, 0.15) is 22.8 Å². The van der Waals surface area contributed by atoms with Gasteiger partial charge in [-0.2, -0.15) is 5.10 Å². The number of amides is 1. The smallest absolute Gasteiger partial charge is 0.271 e. The third-order valence-electron chi connectivity index (χ3n) is 2.55. The summed E-state index contributed by atoms with van der Waals surface area (Å²) in [5, 5.41) is 13.2. The molecule has 19 heavy (non-hydrogen) atoms. The number of carbonyl (C=O) groups excluding carboxylic acids is 1. The zero-order valence-corrected chi connectivity index (χ0v) is 10.4. The van der Waals surface area contributed by atoms with Crippen LogP contribution < -0.4 is 5.43 Å². The molecule has 0 unspecified atom stereocenters. The molecular formula is C14H13N3O2. The maximum absolute atomic E-state index is 11.8. The number of hydrogen-bond acceptors (Lipinski definition) is 4. The summed E-state index contributed by atoms with van der Waals surface area (Å²) >= 11 is 0. The summed E-state index contributed by atoms with van der Waals surface area (Å²) in [5.74, 6) is -0.207. The van der Waals surface area contributed by atoms with Crippen molar-refractivity contribution in [2.45, 2.75) is 6.92 Å². The zero-order valence-electron chi connectivity index (χ0n) is 10.4. The summed E-state index contributed by atoms with van der Waals surface area (Å²) in [6, 6.07) is 9.59. The Bertz CT molecular complexity index is 592. The molecule has 0 saturated carbocycles. The van der Waals surface area contributed by atoms with Crippen molar-refractivity contribution in [3.05, 3.63) is 59.9 Å². The van der Waals surface area contributed by atoms with E-state index < -0.39 is 0 Å². The molecule has 0 aliphatic carbocycles. The number of hydrazone groups is 1. The molecule has 2 aromatic rings. The molecule has 1 amide bonds. The molecular weight excluding hydrogens is 242 g/mol. The lowest BCUT2D eigenvalue weighted by molar-refractivity contribution is 0.0955. The fourth-order valence-electron chi connectivity index (χ4n) is 1.47. The largest absolute Gasteiger partial charge is 0.508 e. The second-order valence-electron chi connectivity index (χ2n) is 3.92. The molecule has 0 spiro atoms. The van der Waals surface area contributed by atoms with Gasteiger partial charge in [-0.3, -0.25) is 9.78 Å². The zero-order chi connectivity index (χ0) is 13.7.